The molecule has 0 spiro atoms. The van der Waals surface area contributed by atoms with E-state index in [1.165, 1.54) is 38.1 Å². The van der Waals surface area contributed by atoms with Gasteiger partial charge in [0.2, 0.25) is 11.4 Å². The molecule has 1 atom stereocenters. The van der Waals surface area contributed by atoms with Gasteiger partial charge in [0.25, 0.3) is 0 Å². The van der Waals surface area contributed by atoms with Crippen molar-refractivity contribution in [1.82, 2.24) is 0 Å². The first kappa shape index (κ1) is 29.8. The Labute approximate surface area is 231 Å². The van der Waals surface area contributed by atoms with Crippen molar-refractivity contribution in [1.29, 1.82) is 0 Å². The topological polar surface area (TPSA) is 132 Å². The quantitative estimate of drug-likeness (QED) is 0.195. The molecule has 1 aliphatic heterocycles. The Balaban J connectivity index is 2.20. The zero-order valence-electron chi connectivity index (χ0n) is 23.1. The monoisotopic (exact) mass is 550 g/mol. The number of hydrogen-bond donors (Lipinski definition) is 0. The van der Waals surface area contributed by atoms with Crippen molar-refractivity contribution in [2.24, 2.45) is 0 Å². The van der Waals surface area contributed by atoms with Crippen LogP contribution in [0.2, 0.25) is 0 Å². The normalized spacial score (nSPS) is 16.1. The fourth-order valence-corrected chi connectivity index (χ4v) is 4.26. The van der Waals surface area contributed by atoms with E-state index in [-0.39, 0.29) is 17.7 Å². The van der Waals surface area contributed by atoms with Crippen molar-refractivity contribution in [3.63, 3.8) is 0 Å². The van der Waals surface area contributed by atoms with Gasteiger partial charge in [-0.3, -0.25) is 14.4 Å². The Bertz CT molecular complexity index is 1410. The van der Waals surface area contributed by atoms with E-state index >= 15 is 0 Å². The highest BCUT2D eigenvalue weighted by atomic mass is 16.6. The lowest BCUT2D eigenvalue weighted by Gasteiger charge is -2.28. The number of carbonyl (C=O) groups is 5. The largest absolute Gasteiger partial charge is 0.466 e. The molecule has 0 fully saturated rings. The van der Waals surface area contributed by atoms with Gasteiger partial charge in [-0.15, -0.1) is 0 Å². The summed E-state index contributed by atoms with van der Waals surface area (Å²) in [7, 11) is 1.15. The number of hydrogen-bond acceptors (Lipinski definition) is 10. The Kier molecular flexibility index (Phi) is 9.26. The first-order valence-electron chi connectivity index (χ1n) is 12.3. The number of cyclic esters (lactones) is 1. The van der Waals surface area contributed by atoms with Crippen LogP contribution in [-0.2, 0) is 51.0 Å². The van der Waals surface area contributed by atoms with Crippen LogP contribution < -0.4 is 9.47 Å². The van der Waals surface area contributed by atoms with Crippen LogP contribution in [0, 0.1) is 0 Å². The first-order valence-corrected chi connectivity index (χ1v) is 12.3. The summed E-state index contributed by atoms with van der Waals surface area (Å²) in [4.78, 5) is 61.4. The van der Waals surface area contributed by atoms with Gasteiger partial charge in [0.05, 0.1) is 12.7 Å². The highest BCUT2D eigenvalue weighted by molar-refractivity contribution is 6.12. The molecule has 0 aromatic heterocycles. The van der Waals surface area contributed by atoms with Crippen molar-refractivity contribution in [3.8, 4) is 11.5 Å². The van der Waals surface area contributed by atoms with Crippen LogP contribution in [-0.4, -0.2) is 42.6 Å². The lowest BCUT2D eigenvalue weighted by molar-refractivity contribution is -0.169. The van der Waals surface area contributed by atoms with Crippen LogP contribution in [0.5, 0.6) is 11.5 Å². The molecule has 0 radical (unpaired) electrons. The summed E-state index contributed by atoms with van der Waals surface area (Å²) in [5.74, 6) is -3.63. The van der Waals surface area contributed by atoms with Gasteiger partial charge in [0.1, 0.15) is 11.5 Å². The van der Waals surface area contributed by atoms with Crippen LogP contribution in [0.25, 0.3) is 5.57 Å². The molecule has 0 aliphatic carbocycles. The van der Waals surface area contributed by atoms with Gasteiger partial charge >= 0.3 is 29.8 Å². The van der Waals surface area contributed by atoms with Gasteiger partial charge in [-0.05, 0) is 55.2 Å². The van der Waals surface area contributed by atoms with Crippen LogP contribution in [0.15, 0.2) is 59.9 Å². The molecule has 40 heavy (non-hydrogen) atoms. The molecule has 2 aromatic carbocycles. The van der Waals surface area contributed by atoms with Crippen molar-refractivity contribution in [2.45, 2.75) is 53.1 Å². The number of carbonyl (C=O) groups excluding carboxylic acids is 5. The van der Waals surface area contributed by atoms with Crippen LogP contribution in [0.1, 0.15) is 51.3 Å². The maximum Gasteiger partial charge on any atom is 0.376 e. The molecule has 1 aliphatic rings. The maximum absolute atomic E-state index is 13.4. The second-order valence-electron chi connectivity index (χ2n) is 9.32. The number of rotatable bonds is 9. The Morgan fingerprint density at radius 2 is 1.48 bits per heavy atom. The molecule has 3 rings (SSSR count). The van der Waals surface area contributed by atoms with Crippen LogP contribution in [0.3, 0.4) is 0 Å². The van der Waals surface area contributed by atoms with Crippen molar-refractivity contribution in [3.05, 3.63) is 76.6 Å². The molecule has 1 heterocycles. The van der Waals surface area contributed by atoms with E-state index in [2.05, 4.69) is 0 Å². The van der Waals surface area contributed by atoms with Gasteiger partial charge in [-0.1, -0.05) is 35.9 Å². The third kappa shape index (κ3) is 6.82. The second-order valence-corrected chi connectivity index (χ2v) is 9.32. The SMILES string of the molecule is COC(=O)C1(Cc2ccc(OC(C)=O)c(CC=C(C)C)c2)OC(=O)C(OC(C)=O)=C1c1ccc(OC(C)=O)cc1. The van der Waals surface area contributed by atoms with E-state index in [0.717, 1.165) is 19.6 Å². The van der Waals surface area contributed by atoms with Gasteiger partial charge in [-0.25, -0.2) is 9.59 Å². The highest BCUT2D eigenvalue weighted by Crippen LogP contribution is 2.44. The van der Waals surface area contributed by atoms with E-state index in [1.807, 2.05) is 19.9 Å². The molecule has 0 saturated heterocycles. The highest BCUT2D eigenvalue weighted by Gasteiger charge is 2.56. The molecular weight excluding hydrogens is 520 g/mol. The van der Waals surface area contributed by atoms with Crippen molar-refractivity contribution >= 4 is 35.4 Å². The smallest absolute Gasteiger partial charge is 0.376 e. The Hall–Kier alpha value is -4.73. The molecule has 10 nitrogen and oxygen atoms in total. The predicted octanol–water partition coefficient (Wildman–Crippen LogP) is 4.03. The second kappa shape index (κ2) is 12.4. The summed E-state index contributed by atoms with van der Waals surface area (Å²) in [6.45, 7) is 7.52. The summed E-state index contributed by atoms with van der Waals surface area (Å²) < 4.78 is 26.4. The molecule has 0 bridgehead atoms. The van der Waals surface area contributed by atoms with Crippen molar-refractivity contribution < 1.29 is 47.7 Å². The Morgan fingerprint density at radius 3 is 2.02 bits per heavy atom. The fourth-order valence-electron chi connectivity index (χ4n) is 4.26. The lowest BCUT2D eigenvalue weighted by atomic mass is 9.82. The average Bonchev–Trinajstić information content (AvgIpc) is 3.14. The minimum atomic E-state index is -2.03. The summed E-state index contributed by atoms with van der Waals surface area (Å²) in [6, 6.07) is 10.9. The zero-order chi connectivity index (χ0) is 29.6. The molecule has 0 amide bonds. The third-order valence-corrected chi connectivity index (χ3v) is 5.81. The van der Waals surface area contributed by atoms with E-state index < -0.39 is 41.2 Å². The van der Waals surface area contributed by atoms with E-state index in [4.69, 9.17) is 23.7 Å². The van der Waals surface area contributed by atoms with Gasteiger partial charge in [-0.2, -0.15) is 0 Å². The summed E-state index contributed by atoms with van der Waals surface area (Å²) >= 11 is 0. The minimum Gasteiger partial charge on any atom is -0.466 e. The fraction of sp³-hybridized carbons (Fsp3) is 0.300. The standard InChI is InChI=1S/C30H30O10/c1-17(2)7-9-23-15-21(8-14-25(23)38-19(4)32)16-30(29(35)36-6)26(27(28(34)40-30)39-20(5)33)22-10-12-24(13-11-22)37-18(3)31/h7-8,10-15H,9,16H2,1-6H3. The number of esters is 5. The molecule has 10 heteroatoms. The van der Waals surface area contributed by atoms with E-state index in [0.29, 0.717) is 28.9 Å². The predicted molar refractivity (Wildman–Crippen MR) is 142 cm³/mol. The number of allylic oxidation sites excluding steroid dienone is 2. The molecule has 0 N–H and O–H groups in total. The molecule has 210 valence electrons. The Morgan fingerprint density at radius 1 is 0.850 bits per heavy atom. The number of benzene rings is 2. The van der Waals surface area contributed by atoms with Crippen LogP contribution >= 0.6 is 0 Å². The molecule has 2 aromatic rings. The van der Waals surface area contributed by atoms with Crippen LogP contribution in [0.4, 0.5) is 0 Å². The molecular formula is C30H30O10. The summed E-state index contributed by atoms with van der Waals surface area (Å²) in [5, 5.41) is 0. The third-order valence-electron chi connectivity index (χ3n) is 5.81. The molecule has 1 unspecified atom stereocenters. The van der Waals surface area contributed by atoms with Crippen molar-refractivity contribution in [2.75, 3.05) is 7.11 Å². The average molecular weight is 551 g/mol. The molecule has 0 saturated carbocycles. The minimum absolute atomic E-state index is 0.0242. The maximum atomic E-state index is 13.4. The van der Waals surface area contributed by atoms with Gasteiger partial charge < -0.3 is 23.7 Å². The van der Waals surface area contributed by atoms with E-state index in [9.17, 15) is 24.0 Å². The number of methoxy groups -OCH3 is 1. The zero-order valence-corrected chi connectivity index (χ0v) is 23.1. The summed E-state index contributed by atoms with van der Waals surface area (Å²) in [6.07, 6.45) is 2.19. The van der Waals surface area contributed by atoms with Gasteiger partial charge in [0.15, 0.2) is 0 Å². The number of ether oxygens (including phenoxy) is 5. The van der Waals surface area contributed by atoms with Gasteiger partial charge in [0, 0.05) is 27.2 Å². The van der Waals surface area contributed by atoms with E-state index in [1.54, 1.807) is 18.2 Å². The first-order chi connectivity index (χ1) is 18.9. The lowest BCUT2D eigenvalue weighted by Crippen LogP contribution is -2.44. The summed E-state index contributed by atoms with van der Waals surface area (Å²) in [5.41, 5.74) is 0.493.